The van der Waals surface area contributed by atoms with Gasteiger partial charge in [-0.3, -0.25) is 0 Å². The molecule has 0 aliphatic carbocycles. The van der Waals surface area contributed by atoms with Gasteiger partial charge in [0.25, 0.3) is 0 Å². The van der Waals surface area contributed by atoms with Gasteiger partial charge in [0, 0.05) is 0 Å². The topological polar surface area (TPSA) is 9.23 Å². The molecule has 20 heavy (non-hydrogen) atoms. The monoisotopic (exact) mass is 278 g/mol. The smallest absolute Gasteiger partial charge is 0.0519 e. The van der Waals surface area contributed by atoms with E-state index in [9.17, 15) is 0 Å². The van der Waals surface area contributed by atoms with Crippen LogP contribution in [-0.4, -0.2) is 12.7 Å². The molecular weight excluding hydrogens is 244 g/mol. The lowest BCUT2D eigenvalue weighted by Gasteiger charge is -2.05. The van der Waals surface area contributed by atoms with E-state index in [1.165, 1.54) is 36.0 Å². The molecule has 0 amide bonds. The molecule has 0 aromatic rings. The van der Waals surface area contributed by atoms with Crippen molar-refractivity contribution in [3.63, 3.8) is 0 Å². The molecular formula is C19H34O. The van der Waals surface area contributed by atoms with Gasteiger partial charge in [-0.1, -0.05) is 34.9 Å². The standard InChI is InChI=1S/C19H34O/c1-16(2)10-7-11-18(5)12-8-13-19(6)14-9-15-20-17(3)4/h10,12,14,17H,7-9,11,13,15H2,1-6H3/b18-12+,19-14+. The van der Waals surface area contributed by atoms with Crippen molar-refractivity contribution in [2.75, 3.05) is 6.61 Å². The Balaban J connectivity index is 3.79. The molecule has 0 radical (unpaired) electrons. The van der Waals surface area contributed by atoms with Crippen molar-refractivity contribution < 1.29 is 4.74 Å². The Hall–Kier alpha value is -0.820. The molecule has 0 heterocycles. The van der Waals surface area contributed by atoms with E-state index in [0.717, 1.165) is 19.4 Å². The zero-order chi connectivity index (χ0) is 15.4. The molecule has 0 bridgehead atoms. The van der Waals surface area contributed by atoms with Crippen LogP contribution >= 0.6 is 0 Å². The van der Waals surface area contributed by atoms with E-state index in [1.807, 2.05) is 0 Å². The van der Waals surface area contributed by atoms with Crippen LogP contribution in [-0.2, 0) is 4.74 Å². The summed E-state index contributed by atoms with van der Waals surface area (Å²) in [5.74, 6) is 0. The van der Waals surface area contributed by atoms with Gasteiger partial charge in [0.2, 0.25) is 0 Å². The van der Waals surface area contributed by atoms with E-state index in [1.54, 1.807) is 0 Å². The molecule has 0 aromatic carbocycles. The van der Waals surface area contributed by atoms with Crippen LogP contribution in [0, 0.1) is 0 Å². The summed E-state index contributed by atoms with van der Waals surface area (Å²) >= 11 is 0. The van der Waals surface area contributed by atoms with Gasteiger partial charge < -0.3 is 4.74 Å². The Kier molecular flexibility index (Phi) is 11.5. The third-order valence-electron chi connectivity index (χ3n) is 3.18. The van der Waals surface area contributed by atoms with Crippen molar-refractivity contribution in [1.82, 2.24) is 0 Å². The number of hydrogen-bond donors (Lipinski definition) is 0. The minimum absolute atomic E-state index is 0.343. The summed E-state index contributed by atoms with van der Waals surface area (Å²) in [5.41, 5.74) is 4.41. The maximum absolute atomic E-state index is 5.54. The Morgan fingerprint density at radius 3 is 1.80 bits per heavy atom. The first-order valence-corrected chi connectivity index (χ1v) is 7.98. The average Bonchev–Trinajstić information content (AvgIpc) is 2.34. The Morgan fingerprint density at radius 1 is 0.800 bits per heavy atom. The predicted octanol–water partition coefficient (Wildman–Crippen LogP) is 6.22. The first kappa shape index (κ1) is 19.2. The molecule has 116 valence electrons. The van der Waals surface area contributed by atoms with Crippen molar-refractivity contribution >= 4 is 0 Å². The van der Waals surface area contributed by atoms with Gasteiger partial charge in [0.05, 0.1) is 12.7 Å². The van der Waals surface area contributed by atoms with E-state index >= 15 is 0 Å². The zero-order valence-electron chi connectivity index (χ0n) is 14.5. The lowest BCUT2D eigenvalue weighted by Crippen LogP contribution is -2.02. The van der Waals surface area contributed by atoms with Gasteiger partial charge in [-0.25, -0.2) is 0 Å². The van der Waals surface area contributed by atoms with Crippen LogP contribution in [0.3, 0.4) is 0 Å². The number of hydrogen-bond acceptors (Lipinski definition) is 1. The second kappa shape index (κ2) is 12.0. The molecule has 0 fully saturated rings. The van der Waals surface area contributed by atoms with E-state index in [2.05, 4.69) is 59.8 Å². The number of allylic oxidation sites excluding steroid dienone is 5. The van der Waals surface area contributed by atoms with Gasteiger partial charge in [-0.05, 0) is 73.6 Å². The Morgan fingerprint density at radius 2 is 1.30 bits per heavy atom. The van der Waals surface area contributed by atoms with Crippen LogP contribution in [0.5, 0.6) is 0 Å². The lowest BCUT2D eigenvalue weighted by molar-refractivity contribution is 0.0825. The molecule has 0 spiro atoms. The summed E-state index contributed by atoms with van der Waals surface area (Å²) in [6.45, 7) is 13.8. The third-order valence-corrected chi connectivity index (χ3v) is 3.18. The molecule has 0 N–H and O–H groups in total. The van der Waals surface area contributed by atoms with Crippen LogP contribution in [0.2, 0.25) is 0 Å². The second-order valence-electron chi connectivity index (χ2n) is 6.17. The molecule has 0 rings (SSSR count). The van der Waals surface area contributed by atoms with E-state index < -0.39 is 0 Å². The van der Waals surface area contributed by atoms with Gasteiger partial charge >= 0.3 is 0 Å². The second-order valence-corrected chi connectivity index (χ2v) is 6.17. The van der Waals surface area contributed by atoms with E-state index in [4.69, 9.17) is 4.74 Å². The van der Waals surface area contributed by atoms with Crippen molar-refractivity contribution in [2.45, 2.75) is 79.8 Å². The summed E-state index contributed by atoms with van der Waals surface area (Å²) < 4.78 is 5.54. The van der Waals surface area contributed by atoms with Gasteiger partial charge in [0.15, 0.2) is 0 Å². The maximum atomic E-state index is 5.54. The number of ether oxygens (including phenoxy) is 1. The molecule has 0 saturated carbocycles. The average molecular weight is 278 g/mol. The highest BCUT2D eigenvalue weighted by Gasteiger charge is 1.94. The first-order chi connectivity index (χ1) is 9.41. The quantitative estimate of drug-likeness (QED) is 0.340. The minimum atomic E-state index is 0.343. The van der Waals surface area contributed by atoms with Crippen molar-refractivity contribution in [1.29, 1.82) is 0 Å². The van der Waals surface area contributed by atoms with E-state index in [-0.39, 0.29) is 0 Å². The van der Waals surface area contributed by atoms with Crippen molar-refractivity contribution in [2.24, 2.45) is 0 Å². The Bertz CT molecular complexity index is 328. The molecule has 0 atom stereocenters. The highest BCUT2D eigenvalue weighted by molar-refractivity contribution is 5.05. The highest BCUT2D eigenvalue weighted by Crippen LogP contribution is 2.11. The molecule has 1 nitrogen and oxygen atoms in total. The SMILES string of the molecule is CC(C)=CCC/C(C)=C/CC/C(C)=C/CCOC(C)C. The van der Waals surface area contributed by atoms with E-state index in [0.29, 0.717) is 6.10 Å². The summed E-state index contributed by atoms with van der Waals surface area (Å²) in [7, 11) is 0. The van der Waals surface area contributed by atoms with Gasteiger partial charge in [0.1, 0.15) is 0 Å². The minimum Gasteiger partial charge on any atom is -0.378 e. The largest absolute Gasteiger partial charge is 0.378 e. The molecule has 0 aromatic heterocycles. The van der Waals surface area contributed by atoms with Gasteiger partial charge in [-0.15, -0.1) is 0 Å². The third kappa shape index (κ3) is 13.6. The Labute approximate surface area is 126 Å². The van der Waals surface area contributed by atoms with Crippen LogP contribution in [0.25, 0.3) is 0 Å². The van der Waals surface area contributed by atoms with Crippen LogP contribution in [0.15, 0.2) is 34.9 Å². The molecule has 0 saturated heterocycles. The molecule has 1 heteroatoms. The zero-order valence-corrected chi connectivity index (χ0v) is 14.5. The molecule has 0 unspecified atom stereocenters. The van der Waals surface area contributed by atoms with Crippen molar-refractivity contribution in [3.05, 3.63) is 34.9 Å². The van der Waals surface area contributed by atoms with Crippen LogP contribution < -0.4 is 0 Å². The predicted molar refractivity (Wildman–Crippen MR) is 91.1 cm³/mol. The fourth-order valence-electron chi connectivity index (χ4n) is 1.95. The number of rotatable bonds is 10. The summed E-state index contributed by atoms with van der Waals surface area (Å²) in [5, 5.41) is 0. The van der Waals surface area contributed by atoms with Crippen LogP contribution in [0.4, 0.5) is 0 Å². The highest BCUT2D eigenvalue weighted by atomic mass is 16.5. The van der Waals surface area contributed by atoms with Crippen molar-refractivity contribution in [3.8, 4) is 0 Å². The lowest BCUT2D eigenvalue weighted by atomic mass is 10.1. The van der Waals surface area contributed by atoms with Crippen LogP contribution in [0.1, 0.15) is 73.6 Å². The summed E-state index contributed by atoms with van der Waals surface area (Å²) in [6, 6.07) is 0. The molecule has 0 aliphatic rings. The molecule has 0 aliphatic heterocycles. The summed E-state index contributed by atoms with van der Waals surface area (Å²) in [6.07, 6.45) is 13.1. The normalized spacial score (nSPS) is 12.9. The fourth-order valence-corrected chi connectivity index (χ4v) is 1.95. The first-order valence-electron chi connectivity index (χ1n) is 7.98. The fraction of sp³-hybridized carbons (Fsp3) is 0.684. The van der Waals surface area contributed by atoms with Gasteiger partial charge in [-0.2, -0.15) is 0 Å². The maximum Gasteiger partial charge on any atom is 0.0519 e. The summed E-state index contributed by atoms with van der Waals surface area (Å²) in [4.78, 5) is 0.